The lowest BCUT2D eigenvalue weighted by Gasteiger charge is -2.17. The topological polar surface area (TPSA) is 86.4 Å². The van der Waals surface area contributed by atoms with Gasteiger partial charge in [-0.2, -0.15) is 0 Å². The van der Waals surface area contributed by atoms with Crippen molar-refractivity contribution in [2.45, 2.75) is 25.9 Å². The Kier molecular flexibility index (Phi) is 4.83. The number of benzene rings is 1. The van der Waals surface area contributed by atoms with Gasteiger partial charge < -0.3 is 14.5 Å². The second kappa shape index (κ2) is 7.21. The fourth-order valence-electron chi connectivity index (χ4n) is 2.57. The Balaban J connectivity index is 1.76. The first-order chi connectivity index (χ1) is 12.1. The summed E-state index contributed by atoms with van der Waals surface area (Å²) in [5, 5.41) is 2.94. The van der Waals surface area contributed by atoms with Gasteiger partial charge in [0.05, 0.1) is 13.7 Å². The first-order valence-corrected chi connectivity index (χ1v) is 8.01. The van der Waals surface area contributed by atoms with Gasteiger partial charge in [0.25, 0.3) is 5.91 Å². The van der Waals surface area contributed by atoms with Crippen LogP contribution in [-0.2, 0) is 6.54 Å². The third kappa shape index (κ3) is 3.55. The van der Waals surface area contributed by atoms with Gasteiger partial charge >= 0.3 is 5.76 Å². The van der Waals surface area contributed by atoms with Crippen molar-refractivity contribution in [3.8, 4) is 5.75 Å². The summed E-state index contributed by atoms with van der Waals surface area (Å²) < 4.78 is 11.7. The van der Waals surface area contributed by atoms with E-state index < -0.39 is 5.76 Å². The number of fused-ring (bicyclic) bond motifs is 1. The predicted molar refractivity (Wildman–Crippen MR) is 92.8 cm³/mol. The summed E-state index contributed by atoms with van der Waals surface area (Å²) in [4.78, 5) is 28.6. The SMILES string of the molecule is CC[C@H](Cn1c(=O)oc2cccnc21)NC(=O)c1ccc(OC)cc1. The van der Waals surface area contributed by atoms with Gasteiger partial charge in [-0.3, -0.25) is 9.36 Å². The van der Waals surface area contributed by atoms with E-state index in [1.54, 1.807) is 49.7 Å². The van der Waals surface area contributed by atoms with Gasteiger partial charge in [-0.15, -0.1) is 0 Å². The van der Waals surface area contributed by atoms with Crippen molar-refractivity contribution in [3.05, 3.63) is 58.7 Å². The Labute approximate surface area is 144 Å². The zero-order valence-corrected chi connectivity index (χ0v) is 14.1. The van der Waals surface area contributed by atoms with E-state index in [2.05, 4.69) is 10.3 Å². The largest absolute Gasteiger partial charge is 0.497 e. The van der Waals surface area contributed by atoms with Crippen molar-refractivity contribution in [1.82, 2.24) is 14.9 Å². The molecule has 0 saturated heterocycles. The number of oxazole rings is 1. The summed E-state index contributed by atoms with van der Waals surface area (Å²) in [6.45, 7) is 2.24. The van der Waals surface area contributed by atoms with Crippen LogP contribution >= 0.6 is 0 Å². The Bertz CT molecular complexity index is 927. The van der Waals surface area contributed by atoms with Crippen LogP contribution in [0.4, 0.5) is 0 Å². The average Bonchev–Trinajstić information content (AvgIpc) is 2.96. The van der Waals surface area contributed by atoms with Crippen molar-refractivity contribution in [1.29, 1.82) is 0 Å². The molecule has 0 fully saturated rings. The Hall–Kier alpha value is -3.09. The number of aromatic nitrogens is 2. The van der Waals surface area contributed by atoms with Crippen LogP contribution in [0.15, 0.2) is 51.8 Å². The number of amides is 1. The lowest BCUT2D eigenvalue weighted by Crippen LogP contribution is -2.39. The van der Waals surface area contributed by atoms with Crippen LogP contribution in [0.2, 0.25) is 0 Å². The normalized spacial score (nSPS) is 12.1. The highest BCUT2D eigenvalue weighted by Crippen LogP contribution is 2.13. The highest BCUT2D eigenvalue weighted by atomic mass is 16.5. The molecular formula is C18H19N3O4. The number of hydrogen-bond donors (Lipinski definition) is 1. The second-order valence-electron chi connectivity index (χ2n) is 5.61. The molecule has 1 amide bonds. The Morgan fingerprint density at radius 2 is 2.08 bits per heavy atom. The minimum Gasteiger partial charge on any atom is -0.497 e. The minimum absolute atomic E-state index is 0.205. The van der Waals surface area contributed by atoms with Gasteiger partial charge in [0.1, 0.15) is 5.75 Å². The third-order valence-corrected chi connectivity index (χ3v) is 4.01. The van der Waals surface area contributed by atoms with Gasteiger partial charge in [0.15, 0.2) is 11.2 Å². The number of nitrogens with one attached hydrogen (secondary N) is 1. The van der Waals surface area contributed by atoms with Crippen LogP contribution in [0.3, 0.4) is 0 Å². The van der Waals surface area contributed by atoms with Gasteiger partial charge in [-0.05, 0) is 42.8 Å². The fraction of sp³-hybridized carbons (Fsp3) is 0.278. The van der Waals surface area contributed by atoms with Crippen LogP contribution in [0.5, 0.6) is 5.75 Å². The van der Waals surface area contributed by atoms with E-state index >= 15 is 0 Å². The van der Waals surface area contributed by atoms with Crippen LogP contribution in [0.1, 0.15) is 23.7 Å². The highest BCUT2D eigenvalue weighted by molar-refractivity contribution is 5.94. The Morgan fingerprint density at radius 1 is 1.32 bits per heavy atom. The zero-order chi connectivity index (χ0) is 17.8. The van der Waals surface area contributed by atoms with Crippen molar-refractivity contribution in [2.75, 3.05) is 7.11 Å². The van der Waals surface area contributed by atoms with E-state index in [0.29, 0.717) is 35.5 Å². The highest BCUT2D eigenvalue weighted by Gasteiger charge is 2.17. The molecule has 0 unspecified atom stereocenters. The fourth-order valence-corrected chi connectivity index (χ4v) is 2.57. The number of methoxy groups -OCH3 is 1. The summed E-state index contributed by atoms with van der Waals surface area (Å²) in [5.41, 5.74) is 1.44. The maximum atomic E-state index is 12.4. The number of rotatable bonds is 6. The molecule has 1 aromatic carbocycles. The van der Waals surface area contributed by atoms with E-state index in [1.807, 2.05) is 6.92 Å². The maximum Gasteiger partial charge on any atom is 0.421 e. The lowest BCUT2D eigenvalue weighted by atomic mass is 10.1. The van der Waals surface area contributed by atoms with Crippen molar-refractivity contribution in [2.24, 2.45) is 0 Å². The van der Waals surface area contributed by atoms with E-state index in [9.17, 15) is 9.59 Å². The molecule has 0 aliphatic rings. The van der Waals surface area contributed by atoms with Gasteiger partial charge in [-0.25, -0.2) is 9.78 Å². The van der Waals surface area contributed by atoms with E-state index in [-0.39, 0.29) is 11.9 Å². The smallest absolute Gasteiger partial charge is 0.421 e. The summed E-state index contributed by atoms with van der Waals surface area (Å²) in [7, 11) is 1.57. The molecule has 3 aromatic rings. The molecule has 1 atom stereocenters. The minimum atomic E-state index is -0.481. The number of carbonyl (C=O) groups excluding carboxylic acids is 1. The molecular weight excluding hydrogens is 322 g/mol. The molecule has 2 heterocycles. The summed E-state index contributed by atoms with van der Waals surface area (Å²) in [5.74, 6) is 0.000225. The third-order valence-electron chi connectivity index (χ3n) is 4.01. The van der Waals surface area contributed by atoms with Crippen molar-refractivity contribution < 1.29 is 13.9 Å². The standard InChI is InChI=1S/C18H19N3O4/c1-3-13(20-17(22)12-6-8-14(24-2)9-7-12)11-21-16-15(25-18(21)23)5-4-10-19-16/h4-10,13H,3,11H2,1-2H3,(H,20,22)/t13-/m1/s1. The molecule has 130 valence electrons. The molecule has 7 heteroatoms. The average molecular weight is 341 g/mol. The van der Waals surface area contributed by atoms with E-state index in [0.717, 1.165) is 0 Å². The molecule has 25 heavy (non-hydrogen) atoms. The lowest BCUT2D eigenvalue weighted by molar-refractivity contribution is 0.0931. The van der Waals surface area contributed by atoms with Crippen LogP contribution in [0, 0.1) is 0 Å². The summed E-state index contributed by atoms with van der Waals surface area (Å²) in [6.07, 6.45) is 2.26. The van der Waals surface area contributed by atoms with Crippen molar-refractivity contribution >= 4 is 17.1 Å². The Morgan fingerprint density at radius 3 is 2.76 bits per heavy atom. The molecule has 0 saturated carbocycles. The molecule has 3 rings (SSSR count). The van der Waals surface area contributed by atoms with Crippen LogP contribution < -0.4 is 15.8 Å². The summed E-state index contributed by atoms with van der Waals surface area (Å²) in [6, 6.07) is 10.0. The number of hydrogen-bond acceptors (Lipinski definition) is 5. The zero-order valence-electron chi connectivity index (χ0n) is 14.1. The molecule has 0 aliphatic heterocycles. The molecule has 0 radical (unpaired) electrons. The first-order valence-electron chi connectivity index (χ1n) is 8.01. The molecule has 2 aromatic heterocycles. The van der Waals surface area contributed by atoms with Crippen LogP contribution in [-0.4, -0.2) is 28.6 Å². The van der Waals surface area contributed by atoms with Crippen LogP contribution in [0.25, 0.3) is 11.2 Å². The molecule has 0 bridgehead atoms. The van der Waals surface area contributed by atoms with E-state index in [4.69, 9.17) is 9.15 Å². The molecule has 0 aliphatic carbocycles. The first kappa shape index (κ1) is 16.8. The number of ether oxygens (including phenoxy) is 1. The monoisotopic (exact) mass is 341 g/mol. The molecule has 0 spiro atoms. The quantitative estimate of drug-likeness (QED) is 0.743. The van der Waals surface area contributed by atoms with Gasteiger partial charge in [-0.1, -0.05) is 6.92 Å². The summed E-state index contributed by atoms with van der Waals surface area (Å²) >= 11 is 0. The molecule has 1 N–H and O–H groups in total. The number of carbonyl (C=O) groups is 1. The molecule has 7 nitrogen and oxygen atoms in total. The van der Waals surface area contributed by atoms with Gasteiger partial charge in [0, 0.05) is 17.8 Å². The number of nitrogens with zero attached hydrogens (tertiary/aromatic N) is 2. The second-order valence-corrected chi connectivity index (χ2v) is 5.61. The number of pyridine rings is 1. The van der Waals surface area contributed by atoms with E-state index in [1.165, 1.54) is 4.57 Å². The van der Waals surface area contributed by atoms with Gasteiger partial charge in [0.2, 0.25) is 0 Å². The predicted octanol–water partition coefficient (Wildman–Crippen LogP) is 2.21. The maximum absolute atomic E-state index is 12.4. The van der Waals surface area contributed by atoms with Crippen molar-refractivity contribution in [3.63, 3.8) is 0 Å².